The first-order valence-corrected chi connectivity index (χ1v) is 9.51. The highest BCUT2D eigenvalue weighted by atomic mass is 35.6. The molecule has 0 unspecified atom stereocenters. The van der Waals surface area contributed by atoms with Crippen molar-refractivity contribution in [1.29, 1.82) is 0 Å². The fraction of sp³-hybridized carbons (Fsp3) is 0.188. The molecule has 1 amide bonds. The first-order chi connectivity index (χ1) is 12.8. The summed E-state index contributed by atoms with van der Waals surface area (Å²) in [5.74, 6) is -0.756. The summed E-state index contributed by atoms with van der Waals surface area (Å²) < 4.78 is 36.7. The first-order valence-electron chi connectivity index (χ1n) is 7.25. The summed E-state index contributed by atoms with van der Waals surface area (Å²) >= 11 is 35.3. The third-order valence-electron chi connectivity index (χ3n) is 3.37. The van der Waals surface area contributed by atoms with Gasteiger partial charge in [0.1, 0.15) is 6.17 Å². The molecule has 0 saturated heterocycles. The van der Waals surface area contributed by atoms with E-state index in [2.05, 4.69) is 10.6 Å². The molecule has 2 aromatic rings. The maximum atomic E-state index is 12.9. The second kappa shape index (κ2) is 8.94. The predicted molar refractivity (Wildman–Crippen MR) is 108 cm³/mol. The lowest BCUT2D eigenvalue weighted by Crippen LogP contribution is -2.49. The quantitative estimate of drug-likeness (QED) is 0.334. The van der Waals surface area contributed by atoms with Crippen LogP contribution in [0.5, 0.6) is 0 Å². The maximum Gasteiger partial charge on any atom is 0.416 e. The van der Waals surface area contributed by atoms with E-state index in [0.717, 1.165) is 18.2 Å². The Bertz CT molecular complexity index is 886. The number of hydrogen-bond donors (Lipinski definition) is 2. The van der Waals surface area contributed by atoms with Gasteiger partial charge in [0.15, 0.2) is 0 Å². The fourth-order valence-electron chi connectivity index (χ4n) is 2.05. The Kier molecular flexibility index (Phi) is 7.51. The topological polar surface area (TPSA) is 41.1 Å². The van der Waals surface area contributed by atoms with E-state index < -0.39 is 27.6 Å². The van der Waals surface area contributed by atoms with Crippen LogP contribution in [0.3, 0.4) is 0 Å². The van der Waals surface area contributed by atoms with E-state index in [4.69, 9.17) is 69.6 Å². The van der Waals surface area contributed by atoms with Crippen molar-refractivity contribution in [3.63, 3.8) is 0 Å². The van der Waals surface area contributed by atoms with Crippen LogP contribution >= 0.6 is 69.6 Å². The summed E-state index contributed by atoms with van der Waals surface area (Å²) in [6.45, 7) is 0. The van der Waals surface area contributed by atoms with Gasteiger partial charge in [0, 0.05) is 5.02 Å². The van der Waals surface area contributed by atoms with E-state index in [1.54, 1.807) is 0 Å². The lowest BCUT2D eigenvalue weighted by atomic mass is 10.2. The molecular formula is C16H9Cl6F3N2O. The maximum absolute atomic E-state index is 12.9. The number of alkyl halides is 6. The van der Waals surface area contributed by atoms with Gasteiger partial charge in [-0.15, -0.1) is 0 Å². The summed E-state index contributed by atoms with van der Waals surface area (Å²) in [5, 5.41) is 5.11. The van der Waals surface area contributed by atoms with E-state index in [9.17, 15) is 18.0 Å². The molecular weight excluding hydrogens is 506 g/mol. The van der Waals surface area contributed by atoms with E-state index in [1.165, 1.54) is 18.2 Å². The van der Waals surface area contributed by atoms with Crippen LogP contribution in [0.1, 0.15) is 15.9 Å². The summed E-state index contributed by atoms with van der Waals surface area (Å²) in [6.07, 6.45) is -6.06. The Morgan fingerprint density at radius 1 is 0.929 bits per heavy atom. The Labute approximate surface area is 188 Å². The van der Waals surface area contributed by atoms with Crippen LogP contribution in [0, 0.1) is 0 Å². The van der Waals surface area contributed by atoms with Crippen molar-refractivity contribution in [1.82, 2.24) is 5.32 Å². The number of benzene rings is 2. The van der Waals surface area contributed by atoms with Crippen LogP contribution in [-0.4, -0.2) is 15.9 Å². The molecule has 0 bridgehead atoms. The third kappa shape index (κ3) is 6.12. The molecule has 0 fully saturated rings. The van der Waals surface area contributed by atoms with Crippen LogP contribution in [0.4, 0.5) is 18.9 Å². The van der Waals surface area contributed by atoms with Crippen molar-refractivity contribution < 1.29 is 18.0 Å². The number of nitrogens with one attached hydrogen (secondary N) is 2. The van der Waals surface area contributed by atoms with Crippen LogP contribution in [0.25, 0.3) is 0 Å². The minimum absolute atomic E-state index is 0.0160. The Morgan fingerprint density at radius 2 is 1.57 bits per heavy atom. The van der Waals surface area contributed by atoms with Gasteiger partial charge in [-0.3, -0.25) is 4.79 Å². The molecule has 0 aliphatic heterocycles. The molecule has 2 rings (SSSR count). The first kappa shape index (κ1) is 23.5. The van der Waals surface area contributed by atoms with Crippen molar-refractivity contribution in [2.75, 3.05) is 5.32 Å². The molecule has 3 nitrogen and oxygen atoms in total. The standard InChI is InChI=1S/C16H9Cl6F3N2O/c17-8-2-3-9(11(19)6-8)13(28)27-14(15(20,21)22)26-12-5-7(16(23,24)25)1-4-10(12)18/h1-6,14,26H,(H,27,28)/t14-/m0/s1. The van der Waals surface area contributed by atoms with Crippen LogP contribution in [-0.2, 0) is 6.18 Å². The second-order valence-corrected chi connectivity index (χ2v) is 9.03. The summed E-state index contributed by atoms with van der Waals surface area (Å²) in [4.78, 5) is 12.5. The van der Waals surface area contributed by atoms with Crippen molar-refractivity contribution in [3.05, 3.63) is 62.6 Å². The zero-order valence-corrected chi connectivity index (χ0v) is 17.9. The fourth-order valence-corrected chi connectivity index (χ4v) is 3.04. The number of carbonyl (C=O) groups excluding carboxylic acids is 1. The predicted octanol–water partition coefficient (Wildman–Crippen LogP) is 7.20. The number of amides is 1. The molecule has 28 heavy (non-hydrogen) atoms. The largest absolute Gasteiger partial charge is 0.416 e. The van der Waals surface area contributed by atoms with Crippen LogP contribution in [0.2, 0.25) is 15.1 Å². The highest BCUT2D eigenvalue weighted by Crippen LogP contribution is 2.37. The molecule has 1 atom stereocenters. The Morgan fingerprint density at radius 3 is 2.11 bits per heavy atom. The second-order valence-electron chi connectivity index (χ2n) is 5.41. The number of hydrogen-bond acceptors (Lipinski definition) is 2. The third-order valence-corrected chi connectivity index (χ3v) is 4.90. The van der Waals surface area contributed by atoms with Gasteiger partial charge in [-0.2, -0.15) is 13.2 Å². The van der Waals surface area contributed by atoms with Gasteiger partial charge in [0.05, 0.1) is 26.9 Å². The van der Waals surface area contributed by atoms with Gasteiger partial charge in [0.2, 0.25) is 3.79 Å². The molecule has 2 N–H and O–H groups in total. The number of rotatable bonds is 4. The minimum Gasteiger partial charge on any atom is -0.361 e. The van der Waals surface area contributed by atoms with Crippen molar-refractivity contribution in [2.45, 2.75) is 16.1 Å². The molecule has 152 valence electrons. The summed E-state index contributed by atoms with van der Waals surface area (Å²) in [5.41, 5.74) is -1.16. The van der Waals surface area contributed by atoms with E-state index in [-0.39, 0.29) is 21.3 Å². The number of halogens is 9. The van der Waals surface area contributed by atoms with Crippen LogP contribution in [0.15, 0.2) is 36.4 Å². The average molecular weight is 515 g/mol. The molecule has 0 radical (unpaired) electrons. The van der Waals surface area contributed by atoms with Crippen molar-refractivity contribution in [2.24, 2.45) is 0 Å². The Balaban J connectivity index is 2.32. The van der Waals surface area contributed by atoms with Gasteiger partial charge < -0.3 is 10.6 Å². The van der Waals surface area contributed by atoms with Gasteiger partial charge >= 0.3 is 6.18 Å². The molecule has 0 aliphatic carbocycles. The molecule has 0 saturated carbocycles. The molecule has 12 heteroatoms. The van der Waals surface area contributed by atoms with Gasteiger partial charge in [-0.1, -0.05) is 69.6 Å². The smallest absolute Gasteiger partial charge is 0.361 e. The number of carbonyl (C=O) groups is 1. The lowest BCUT2D eigenvalue weighted by Gasteiger charge is -2.28. The lowest BCUT2D eigenvalue weighted by molar-refractivity contribution is -0.137. The minimum atomic E-state index is -4.61. The summed E-state index contributed by atoms with van der Waals surface area (Å²) in [7, 11) is 0. The van der Waals surface area contributed by atoms with Crippen molar-refractivity contribution in [3.8, 4) is 0 Å². The average Bonchev–Trinajstić information content (AvgIpc) is 2.53. The van der Waals surface area contributed by atoms with E-state index in [0.29, 0.717) is 5.02 Å². The molecule has 2 aromatic carbocycles. The molecule has 0 heterocycles. The zero-order chi connectivity index (χ0) is 21.3. The monoisotopic (exact) mass is 512 g/mol. The number of anilines is 1. The Hall–Kier alpha value is -0.760. The molecule has 0 aliphatic rings. The van der Waals surface area contributed by atoms with Crippen molar-refractivity contribution >= 4 is 81.2 Å². The SMILES string of the molecule is O=C(N[C@H](Nc1cc(C(F)(F)F)ccc1Cl)C(Cl)(Cl)Cl)c1ccc(Cl)cc1Cl. The molecule has 0 spiro atoms. The van der Waals surface area contributed by atoms with Crippen LogP contribution < -0.4 is 10.6 Å². The van der Waals surface area contributed by atoms with E-state index >= 15 is 0 Å². The molecule has 0 aromatic heterocycles. The highest BCUT2D eigenvalue weighted by molar-refractivity contribution is 6.68. The normalized spacial score (nSPS) is 13.2. The zero-order valence-electron chi connectivity index (χ0n) is 13.4. The highest BCUT2D eigenvalue weighted by Gasteiger charge is 2.36. The van der Waals surface area contributed by atoms with Gasteiger partial charge in [0.25, 0.3) is 5.91 Å². The van der Waals surface area contributed by atoms with Gasteiger partial charge in [-0.25, -0.2) is 0 Å². The van der Waals surface area contributed by atoms with Gasteiger partial charge in [-0.05, 0) is 36.4 Å². The van der Waals surface area contributed by atoms with E-state index in [1.807, 2.05) is 0 Å². The summed E-state index contributed by atoms with van der Waals surface area (Å²) in [6, 6.07) is 6.65.